The number of amides is 1. The van der Waals surface area contributed by atoms with Crippen molar-refractivity contribution in [3.05, 3.63) is 40.8 Å². The van der Waals surface area contributed by atoms with E-state index in [4.69, 9.17) is 14.6 Å². The summed E-state index contributed by atoms with van der Waals surface area (Å²) >= 11 is 1.65. The fraction of sp³-hybridized carbons (Fsp3) is 0.474. The number of hydrogen-bond acceptors (Lipinski definition) is 7. The first kappa shape index (κ1) is 22.9. The Hall–Kier alpha value is -2.73. The summed E-state index contributed by atoms with van der Waals surface area (Å²) < 4.78 is 37.8. The number of carbonyl (C=O) groups excluding carboxylic acids is 1. The lowest BCUT2D eigenvalue weighted by molar-refractivity contribution is -0.192. The zero-order valence-electron chi connectivity index (χ0n) is 16.3. The highest BCUT2D eigenvalue weighted by Gasteiger charge is 2.42. The molecule has 2 saturated heterocycles. The molecule has 0 aromatic carbocycles. The van der Waals surface area contributed by atoms with Gasteiger partial charge in [-0.05, 0) is 36.3 Å². The van der Waals surface area contributed by atoms with Crippen LogP contribution in [0.25, 0.3) is 0 Å². The number of carboxylic acids is 1. The number of piperidine rings is 1. The second-order valence-corrected chi connectivity index (χ2v) is 8.07. The van der Waals surface area contributed by atoms with Crippen LogP contribution in [-0.4, -0.2) is 58.4 Å². The van der Waals surface area contributed by atoms with Gasteiger partial charge in [-0.25, -0.2) is 14.8 Å². The van der Waals surface area contributed by atoms with Gasteiger partial charge in [0.1, 0.15) is 6.10 Å². The van der Waals surface area contributed by atoms with Crippen LogP contribution >= 0.6 is 11.3 Å². The number of aliphatic carboxylic acids is 1. The van der Waals surface area contributed by atoms with Gasteiger partial charge in [0, 0.05) is 30.4 Å². The Kier molecular flexibility index (Phi) is 7.44. The van der Waals surface area contributed by atoms with Gasteiger partial charge < -0.3 is 20.1 Å². The SMILES string of the molecule is O=C(NCc1cccs1)[C@@H]1C[C@@H]2CCN(c3ncccn3)C[C@H]2O1.O=C(O)C(F)(F)F. The molecule has 0 saturated carbocycles. The molecular formula is C19H21F3N4O4S. The minimum atomic E-state index is -5.08. The van der Waals surface area contributed by atoms with E-state index in [-0.39, 0.29) is 18.1 Å². The van der Waals surface area contributed by atoms with Crippen molar-refractivity contribution >= 4 is 29.2 Å². The molecule has 2 aromatic rings. The predicted molar refractivity (Wildman–Crippen MR) is 105 cm³/mol. The number of fused-ring (bicyclic) bond motifs is 1. The summed E-state index contributed by atoms with van der Waals surface area (Å²) in [5.41, 5.74) is 0. The summed E-state index contributed by atoms with van der Waals surface area (Å²) in [4.78, 5) is 33.2. The first-order valence-electron chi connectivity index (χ1n) is 9.51. The summed E-state index contributed by atoms with van der Waals surface area (Å²) in [7, 11) is 0. The summed E-state index contributed by atoms with van der Waals surface area (Å²) in [6, 6.07) is 5.83. The van der Waals surface area contributed by atoms with Crippen LogP contribution in [0.4, 0.5) is 19.1 Å². The number of carbonyl (C=O) groups is 2. The summed E-state index contributed by atoms with van der Waals surface area (Å²) in [5, 5.41) is 12.1. The molecule has 31 heavy (non-hydrogen) atoms. The van der Waals surface area contributed by atoms with E-state index < -0.39 is 12.1 Å². The number of hydrogen-bond donors (Lipinski definition) is 2. The maximum atomic E-state index is 12.4. The summed E-state index contributed by atoms with van der Waals surface area (Å²) in [6.45, 7) is 2.25. The lowest BCUT2D eigenvalue weighted by Gasteiger charge is -2.33. The molecule has 2 fully saturated rings. The number of thiophene rings is 1. The average Bonchev–Trinajstić information content (AvgIpc) is 3.41. The van der Waals surface area contributed by atoms with Gasteiger partial charge in [-0.1, -0.05) is 6.07 Å². The normalized spacial score (nSPS) is 22.8. The fourth-order valence-electron chi connectivity index (χ4n) is 3.44. The average molecular weight is 458 g/mol. The van der Waals surface area contributed by atoms with Gasteiger partial charge in [0.05, 0.1) is 12.6 Å². The molecule has 0 unspecified atom stereocenters. The van der Waals surface area contributed by atoms with Crippen molar-refractivity contribution in [2.75, 3.05) is 18.0 Å². The zero-order valence-corrected chi connectivity index (χ0v) is 17.1. The van der Waals surface area contributed by atoms with Crippen molar-refractivity contribution in [2.45, 2.75) is 37.8 Å². The third-order valence-electron chi connectivity index (χ3n) is 4.94. The topological polar surface area (TPSA) is 105 Å². The Labute approximate surface area is 180 Å². The van der Waals surface area contributed by atoms with E-state index in [9.17, 15) is 18.0 Å². The van der Waals surface area contributed by atoms with Crippen LogP contribution in [0.1, 0.15) is 17.7 Å². The molecule has 2 aromatic heterocycles. The Morgan fingerprint density at radius 1 is 1.29 bits per heavy atom. The van der Waals surface area contributed by atoms with E-state index in [1.54, 1.807) is 23.7 Å². The lowest BCUT2D eigenvalue weighted by Crippen LogP contribution is -2.43. The van der Waals surface area contributed by atoms with Crippen LogP contribution in [0.2, 0.25) is 0 Å². The van der Waals surface area contributed by atoms with E-state index in [2.05, 4.69) is 20.2 Å². The highest BCUT2D eigenvalue weighted by atomic mass is 32.1. The monoisotopic (exact) mass is 458 g/mol. The van der Waals surface area contributed by atoms with Crippen molar-refractivity contribution < 1.29 is 32.6 Å². The van der Waals surface area contributed by atoms with Crippen LogP contribution in [0.15, 0.2) is 36.0 Å². The van der Waals surface area contributed by atoms with E-state index in [1.807, 2.05) is 23.6 Å². The van der Waals surface area contributed by atoms with Crippen LogP contribution in [0, 0.1) is 5.92 Å². The van der Waals surface area contributed by atoms with E-state index >= 15 is 0 Å². The molecule has 3 atom stereocenters. The van der Waals surface area contributed by atoms with Crippen molar-refractivity contribution in [2.24, 2.45) is 5.92 Å². The Morgan fingerprint density at radius 2 is 2.00 bits per heavy atom. The quantitative estimate of drug-likeness (QED) is 0.725. The van der Waals surface area contributed by atoms with E-state index in [1.165, 1.54) is 0 Å². The highest BCUT2D eigenvalue weighted by Crippen LogP contribution is 2.34. The molecule has 168 valence electrons. The Morgan fingerprint density at radius 3 is 2.61 bits per heavy atom. The maximum absolute atomic E-state index is 12.4. The van der Waals surface area contributed by atoms with Crippen LogP contribution in [-0.2, 0) is 20.9 Å². The lowest BCUT2D eigenvalue weighted by atomic mass is 9.92. The van der Waals surface area contributed by atoms with Gasteiger partial charge in [-0.3, -0.25) is 4.79 Å². The molecule has 1 amide bonds. The number of carboxylic acid groups (broad SMARTS) is 1. The van der Waals surface area contributed by atoms with Crippen molar-refractivity contribution in [3.63, 3.8) is 0 Å². The first-order valence-corrected chi connectivity index (χ1v) is 10.4. The van der Waals surface area contributed by atoms with Gasteiger partial charge in [-0.15, -0.1) is 11.3 Å². The smallest absolute Gasteiger partial charge is 0.475 e. The second-order valence-electron chi connectivity index (χ2n) is 7.04. The Balaban J connectivity index is 0.000000339. The second kappa shape index (κ2) is 10.1. The van der Waals surface area contributed by atoms with Crippen molar-refractivity contribution in [1.82, 2.24) is 15.3 Å². The molecule has 0 spiro atoms. The van der Waals surface area contributed by atoms with Gasteiger partial charge in [0.15, 0.2) is 0 Å². The fourth-order valence-corrected chi connectivity index (χ4v) is 4.08. The van der Waals surface area contributed by atoms with E-state index in [0.717, 1.165) is 36.8 Å². The number of rotatable bonds is 4. The largest absolute Gasteiger partial charge is 0.490 e. The van der Waals surface area contributed by atoms with Crippen LogP contribution < -0.4 is 10.2 Å². The standard InChI is InChI=1S/C17H20N4O2S.C2HF3O2/c22-16(20-10-13-3-1-8-24-13)14-9-12-4-7-21(11-15(12)23-14)17-18-5-2-6-19-17;3-2(4,5)1(6)7/h1-3,5-6,8,12,14-15H,4,7,9-11H2,(H,20,22);(H,6,7)/t12-,14-,15+;/m0./s1. The summed E-state index contributed by atoms with van der Waals surface area (Å²) in [5.74, 6) is -1.57. The van der Waals surface area contributed by atoms with E-state index in [0.29, 0.717) is 12.5 Å². The predicted octanol–water partition coefficient (Wildman–Crippen LogP) is 2.47. The van der Waals surface area contributed by atoms with Gasteiger partial charge in [0.2, 0.25) is 11.9 Å². The number of anilines is 1. The summed E-state index contributed by atoms with van der Waals surface area (Å²) in [6.07, 6.45) is -0.00553. The number of nitrogens with zero attached hydrogens (tertiary/aromatic N) is 3. The molecular weight excluding hydrogens is 437 g/mol. The molecule has 0 aliphatic carbocycles. The number of aromatic nitrogens is 2. The third kappa shape index (κ3) is 6.37. The number of nitrogens with one attached hydrogen (secondary N) is 1. The molecule has 0 bridgehead atoms. The Bertz CT molecular complexity index is 867. The molecule has 4 rings (SSSR count). The first-order chi connectivity index (χ1) is 14.7. The number of halogens is 3. The number of ether oxygens (including phenoxy) is 1. The zero-order chi connectivity index (χ0) is 22.4. The van der Waals surface area contributed by atoms with Crippen molar-refractivity contribution in [3.8, 4) is 0 Å². The van der Waals surface area contributed by atoms with Crippen LogP contribution in [0.5, 0.6) is 0 Å². The molecule has 4 heterocycles. The molecule has 12 heteroatoms. The maximum Gasteiger partial charge on any atom is 0.490 e. The highest BCUT2D eigenvalue weighted by molar-refractivity contribution is 7.09. The molecule has 2 aliphatic rings. The van der Waals surface area contributed by atoms with Gasteiger partial charge >= 0.3 is 12.1 Å². The van der Waals surface area contributed by atoms with Gasteiger partial charge in [-0.2, -0.15) is 13.2 Å². The number of alkyl halides is 3. The minimum absolute atomic E-state index is 0.000288. The minimum Gasteiger partial charge on any atom is -0.475 e. The molecule has 2 N–H and O–H groups in total. The van der Waals surface area contributed by atoms with Crippen molar-refractivity contribution in [1.29, 1.82) is 0 Å². The van der Waals surface area contributed by atoms with Crippen LogP contribution in [0.3, 0.4) is 0 Å². The molecule has 8 nitrogen and oxygen atoms in total. The molecule has 2 aliphatic heterocycles. The van der Waals surface area contributed by atoms with Gasteiger partial charge in [0.25, 0.3) is 0 Å². The molecule has 0 radical (unpaired) electrons. The third-order valence-corrected chi connectivity index (χ3v) is 5.82.